The lowest BCUT2D eigenvalue weighted by atomic mass is 10.1. The van der Waals surface area contributed by atoms with Crippen LogP contribution in [0.3, 0.4) is 0 Å². The van der Waals surface area contributed by atoms with E-state index in [1.807, 2.05) is 0 Å². The molecule has 0 aliphatic rings. The molecule has 0 saturated carbocycles. The number of nitrogens with zero attached hydrogens (tertiary/aromatic N) is 3. The molecule has 0 spiro atoms. The van der Waals surface area contributed by atoms with Crippen molar-refractivity contribution < 1.29 is 17.6 Å². The predicted octanol–water partition coefficient (Wildman–Crippen LogP) is 0.820. The van der Waals surface area contributed by atoms with Crippen molar-refractivity contribution in [2.24, 2.45) is 10.9 Å². The molecule has 25 heavy (non-hydrogen) atoms. The van der Waals surface area contributed by atoms with Crippen molar-refractivity contribution in [2.45, 2.75) is 4.90 Å². The summed E-state index contributed by atoms with van der Waals surface area (Å²) < 4.78 is 37.2. The lowest BCUT2D eigenvalue weighted by molar-refractivity contribution is 0.0996. The number of halogens is 1. The highest BCUT2D eigenvalue weighted by atomic mass is 32.2. The van der Waals surface area contributed by atoms with Crippen LogP contribution in [0.4, 0.5) is 4.39 Å². The van der Waals surface area contributed by atoms with Crippen LogP contribution in [0.25, 0.3) is 16.9 Å². The number of sulfonamides is 1. The maximum absolute atomic E-state index is 13.2. The Morgan fingerprint density at radius 1 is 1.04 bits per heavy atom. The van der Waals surface area contributed by atoms with Gasteiger partial charge in [-0.2, -0.15) is 0 Å². The first-order chi connectivity index (χ1) is 11.8. The Labute approximate surface area is 141 Å². The summed E-state index contributed by atoms with van der Waals surface area (Å²) in [6, 6.07) is 10.8. The van der Waals surface area contributed by atoms with E-state index in [9.17, 15) is 17.6 Å². The summed E-state index contributed by atoms with van der Waals surface area (Å²) in [5, 5.41) is 12.7. The zero-order valence-corrected chi connectivity index (χ0v) is 13.4. The van der Waals surface area contributed by atoms with Crippen molar-refractivity contribution in [1.29, 1.82) is 0 Å². The SMILES string of the molecule is NC(=O)c1nnn(-c2ccc(S(N)(=O)=O)cc2)c1-c1ccc(F)cc1. The van der Waals surface area contributed by atoms with Gasteiger partial charge in [-0.05, 0) is 48.5 Å². The summed E-state index contributed by atoms with van der Waals surface area (Å²) in [5.41, 5.74) is 6.39. The summed E-state index contributed by atoms with van der Waals surface area (Å²) in [6.07, 6.45) is 0. The molecule has 0 aliphatic heterocycles. The molecule has 0 bridgehead atoms. The van der Waals surface area contributed by atoms with Crippen molar-refractivity contribution in [1.82, 2.24) is 15.0 Å². The van der Waals surface area contributed by atoms with Crippen LogP contribution >= 0.6 is 0 Å². The average molecular weight is 361 g/mol. The number of rotatable bonds is 4. The van der Waals surface area contributed by atoms with Gasteiger partial charge in [0.05, 0.1) is 10.6 Å². The Hall–Kier alpha value is -3.11. The molecule has 1 amide bonds. The summed E-state index contributed by atoms with van der Waals surface area (Å²) in [4.78, 5) is 11.6. The Bertz CT molecular complexity index is 1040. The predicted molar refractivity (Wildman–Crippen MR) is 86.6 cm³/mol. The van der Waals surface area contributed by atoms with Crippen LogP contribution in [0.15, 0.2) is 53.4 Å². The zero-order chi connectivity index (χ0) is 18.2. The van der Waals surface area contributed by atoms with Gasteiger partial charge in [-0.25, -0.2) is 22.6 Å². The maximum atomic E-state index is 13.2. The van der Waals surface area contributed by atoms with Crippen LogP contribution in [0, 0.1) is 5.82 Å². The van der Waals surface area contributed by atoms with E-state index in [-0.39, 0.29) is 16.3 Å². The molecular weight excluding hydrogens is 349 g/mol. The van der Waals surface area contributed by atoms with Gasteiger partial charge in [-0.15, -0.1) is 5.10 Å². The molecule has 2 aromatic carbocycles. The number of hydrogen-bond acceptors (Lipinski definition) is 5. The first kappa shape index (κ1) is 16.7. The maximum Gasteiger partial charge on any atom is 0.271 e. The van der Waals surface area contributed by atoms with Crippen molar-refractivity contribution >= 4 is 15.9 Å². The average Bonchev–Trinajstić information content (AvgIpc) is 3.00. The summed E-state index contributed by atoms with van der Waals surface area (Å²) in [6.45, 7) is 0. The van der Waals surface area contributed by atoms with E-state index in [1.54, 1.807) is 0 Å². The van der Waals surface area contributed by atoms with Crippen LogP contribution in [-0.2, 0) is 10.0 Å². The monoisotopic (exact) mass is 361 g/mol. The van der Waals surface area contributed by atoms with Crippen molar-refractivity contribution in [2.75, 3.05) is 0 Å². The van der Waals surface area contributed by atoms with Crippen molar-refractivity contribution in [3.8, 4) is 16.9 Å². The van der Waals surface area contributed by atoms with Gasteiger partial charge in [0, 0.05) is 5.56 Å². The summed E-state index contributed by atoms with van der Waals surface area (Å²) in [7, 11) is -3.84. The van der Waals surface area contributed by atoms with Gasteiger partial charge >= 0.3 is 0 Å². The van der Waals surface area contributed by atoms with Crippen LogP contribution in [0.1, 0.15) is 10.5 Å². The van der Waals surface area contributed by atoms with Gasteiger partial charge < -0.3 is 5.73 Å². The Morgan fingerprint density at radius 2 is 1.64 bits per heavy atom. The highest BCUT2D eigenvalue weighted by molar-refractivity contribution is 7.89. The minimum Gasteiger partial charge on any atom is -0.364 e. The van der Waals surface area contributed by atoms with Crippen LogP contribution < -0.4 is 10.9 Å². The summed E-state index contributed by atoms with van der Waals surface area (Å²) >= 11 is 0. The zero-order valence-electron chi connectivity index (χ0n) is 12.6. The number of hydrogen-bond donors (Lipinski definition) is 2. The third kappa shape index (κ3) is 3.25. The van der Waals surface area contributed by atoms with Gasteiger partial charge in [-0.3, -0.25) is 4.79 Å². The highest BCUT2D eigenvalue weighted by Crippen LogP contribution is 2.25. The molecule has 3 rings (SSSR count). The summed E-state index contributed by atoms with van der Waals surface area (Å²) in [5.74, 6) is -1.24. The molecule has 1 heterocycles. The molecule has 0 atom stereocenters. The number of carbonyl (C=O) groups is 1. The fourth-order valence-electron chi connectivity index (χ4n) is 2.27. The number of amides is 1. The molecule has 1 aromatic heterocycles. The standard InChI is InChI=1S/C15H12FN5O3S/c16-10-3-1-9(2-4-10)14-13(15(17)22)19-20-21(14)11-5-7-12(8-6-11)25(18,23)24/h1-8H,(H2,17,22)(H2,18,23,24). The molecule has 10 heteroatoms. The number of primary amides is 1. The third-order valence-electron chi connectivity index (χ3n) is 3.43. The Kier molecular flexibility index (Phi) is 4.07. The minimum atomic E-state index is -3.84. The van der Waals surface area contributed by atoms with Gasteiger partial charge in [-0.1, -0.05) is 5.21 Å². The normalized spacial score (nSPS) is 11.4. The largest absolute Gasteiger partial charge is 0.364 e. The second-order valence-corrected chi connectivity index (χ2v) is 6.67. The quantitative estimate of drug-likeness (QED) is 0.709. The topological polar surface area (TPSA) is 134 Å². The smallest absolute Gasteiger partial charge is 0.271 e. The van der Waals surface area contributed by atoms with Gasteiger partial charge in [0.25, 0.3) is 5.91 Å². The van der Waals surface area contributed by atoms with E-state index in [0.717, 1.165) is 0 Å². The molecule has 0 aliphatic carbocycles. The fourth-order valence-corrected chi connectivity index (χ4v) is 2.79. The number of carbonyl (C=O) groups excluding carboxylic acids is 1. The fraction of sp³-hybridized carbons (Fsp3) is 0. The van der Waals surface area contributed by atoms with Gasteiger partial charge in [0.1, 0.15) is 11.5 Å². The number of primary sulfonamides is 1. The molecule has 4 N–H and O–H groups in total. The lowest BCUT2D eigenvalue weighted by Gasteiger charge is -2.08. The van der Waals surface area contributed by atoms with E-state index in [1.165, 1.54) is 53.2 Å². The molecule has 0 fully saturated rings. The van der Waals surface area contributed by atoms with E-state index in [0.29, 0.717) is 11.3 Å². The number of aromatic nitrogens is 3. The van der Waals surface area contributed by atoms with Crippen molar-refractivity contribution in [3.63, 3.8) is 0 Å². The number of benzene rings is 2. The van der Waals surface area contributed by atoms with E-state index in [4.69, 9.17) is 10.9 Å². The molecular formula is C15H12FN5O3S. The minimum absolute atomic E-state index is 0.0742. The third-order valence-corrected chi connectivity index (χ3v) is 4.36. The molecule has 0 saturated heterocycles. The van der Waals surface area contributed by atoms with E-state index < -0.39 is 21.7 Å². The van der Waals surface area contributed by atoms with Crippen LogP contribution in [0.2, 0.25) is 0 Å². The van der Waals surface area contributed by atoms with Crippen LogP contribution in [-0.4, -0.2) is 29.3 Å². The Morgan fingerprint density at radius 3 is 2.16 bits per heavy atom. The molecule has 0 unspecified atom stereocenters. The Balaban J connectivity index is 2.17. The molecule has 128 valence electrons. The first-order valence-electron chi connectivity index (χ1n) is 6.92. The first-order valence-corrected chi connectivity index (χ1v) is 8.46. The van der Waals surface area contributed by atoms with Gasteiger partial charge in [0.15, 0.2) is 5.69 Å². The molecule has 3 aromatic rings. The second kappa shape index (κ2) is 6.07. The number of nitrogens with two attached hydrogens (primary N) is 2. The second-order valence-electron chi connectivity index (χ2n) is 5.11. The van der Waals surface area contributed by atoms with Gasteiger partial charge in [0.2, 0.25) is 10.0 Å². The van der Waals surface area contributed by atoms with E-state index >= 15 is 0 Å². The van der Waals surface area contributed by atoms with Crippen molar-refractivity contribution in [3.05, 3.63) is 60.0 Å². The highest BCUT2D eigenvalue weighted by Gasteiger charge is 2.20. The molecule has 0 radical (unpaired) electrons. The molecule has 8 nitrogen and oxygen atoms in total. The van der Waals surface area contributed by atoms with E-state index in [2.05, 4.69) is 10.3 Å². The van der Waals surface area contributed by atoms with Crippen LogP contribution in [0.5, 0.6) is 0 Å². The lowest BCUT2D eigenvalue weighted by Crippen LogP contribution is -2.13.